The fourth-order valence-corrected chi connectivity index (χ4v) is 1.79. The lowest BCUT2D eigenvalue weighted by Crippen LogP contribution is -2.37. The van der Waals surface area contributed by atoms with Crippen molar-refractivity contribution >= 4 is 6.03 Å². The SMILES string of the molecule is CCCCNC(=O)NC(C)c1ccc(C#CCCO)cc1. The predicted molar refractivity (Wildman–Crippen MR) is 84.9 cm³/mol. The van der Waals surface area contributed by atoms with Crippen molar-refractivity contribution < 1.29 is 9.90 Å². The predicted octanol–water partition coefficient (Wildman–Crippen LogP) is 2.58. The van der Waals surface area contributed by atoms with E-state index in [2.05, 4.69) is 29.4 Å². The standard InChI is InChI=1S/C17H24N2O2/c1-3-4-12-18-17(21)19-14(2)16-10-8-15(9-11-16)7-5-6-13-20/h8-11,14,20H,3-4,6,12-13H2,1-2H3,(H2,18,19,21). The molecule has 0 aliphatic heterocycles. The van der Waals surface area contributed by atoms with Gasteiger partial charge in [-0.25, -0.2) is 4.79 Å². The number of carbonyl (C=O) groups is 1. The number of hydrogen-bond acceptors (Lipinski definition) is 2. The van der Waals surface area contributed by atoms with E-state index in [-0.39, 0.29) is 18.7 Å². The smallest absolute Gasteiger partial charge is 0.315 e. The van der Waals surface area contributed by atoms with E-state index in [4.69, 9.17) is 5.11 Å². The highest BCUT2D eigenvalue weighted by Crippen LogP contribution is 2.12. The van der Waals surface area contributed by atoms with E-state index in [9.17, 15) is 4.79 Å². The van der Waals surface area contributed by atoms with Crippen molar-refractivity contribution in [3.05, 3.63) is 35.4 Å². The normalized spacial score (nSPS) is 11.2. The van der Waals surface area contributed by atoms with Gasteiger partial charge in [-0.2, -0.15) is 0 Å². The molecule has 21 heavy (non-hydrogen) atoms. The van der Waals surface area contributed by atoms with Crippen molar-refractivity contribution in [1.29, 1.82) is 0 Å². The Labute approximate surface area is 127 Å². The van der Waals surface area contributed by atoms with Crippen LogP contribution in [0.2, 0.25) is 0 Å². The van der Waals surface area contributed by atoms with Crippen LogP contribution in [0.5, 0.6) is 0 Å². The molecule has 0 radical (unpaired) electrons. The minimum Gasteiger partial charge on any atom is -0.395 e. The second kappa shape index (κ2) is 9.84. The molecule has 2 amide bonds. The average molecular weight is 288 g/mol. The molecule has 0 saturated heterocycles. The summed E-state index contributed by atoms with van der Waals surface area (Å²) < 4.78 is 0. The van der Waals surface area contributed by atoms with Crippen LogP contribution < -0.4 is 10.6 Å². The van der Waals surface area contributed by atoms with E-state index in [1.54, 1.807) is 0 Å². The molecule has 4 nitrogen and oxygen atoms in total. The van der Waals surface area contributed by atoms with Crippen molar-refractivity contribution in [2.75, 3.05) is 13.2 Å². The summed E-state index contributed by atoms with van der Waals surface area (Å²) in [6.07, 6.45) is 2.54. The van der Waals surface area contributed by atoms with Crippen LogP contribution in [0.1, 0.15) is 50.3 Å². The summed E-state index contributed by atoms with van der Waals surface area (Å²) >= 11 is 0. The lowest BCUT2D eigenvalue weighted by atomic mass is 10.1. The Bertz CT molecular complexity index is 486. The lowest BCUT2D eigenvalue weighted by Gasteiger charge is -2.15. The second-order valence-corrected chi connectivity index (χ2v) is 4.87. The van der Waals surface area contributed by atoms with Gasteiger partial charge in [-0.3, -0.25) is 0 Å². The zero-order valence-electron chi connectivity index (χ0n) is 12.8. The fourth-order valence-electron chi connectivity index (χ4n) is 1.79. The lowest BCUT2D eigenvalue weighted by molar-refractivity contribution is 0.238. The number of aliphatic hydroxyl groups is 1. The van der Waals surface area contributed by atoms with Crippen molar-refractivity contribution in [2.45, 2.75) is 39.2 Å². The molecule has 1 aromatic carbocycles. The number of urea groups is 1. The van der Waals surface area contributed by atoms with Gasteiger partial charge in [0.05, 0.1) is 12.6 Å². The van der Waals surface area contributed by atoms with Crippen LogP contribution in [-0.2, 0) is 0 Å². The van der Waals surface area contributed by atoms with E-state index >= 15 is 0 Å². The van der Waals surface area contributed by atoms with Gasteiger partial charge in [0, 0.05) is 18.5 Å². The van der Waals surface area contributed by atoms with Gasteiger partial charge in [-0.1, -0.05) is 37.3 Å². The highest BCUT2D eigenvalue weighted by Gasteiger charge is 2.08. The van der Waals surface area contributed by atoms with Crippen molar-refractivity contribution in [1.82, 2.24) is 10.6 Å². The number of benzene rings is 1. The van der Waals surface area contributed by atoms with E-state index in [1.807, 2.05) is 31.2 Å². The van der Waals surface area contributed by atoms with Gasteiger partial charge in [0.15, 0.2) is 0 Å². The number of nitrogens with one attached hydrogen (secondary N) is 2. The first-order valence-electron chi connectivity index (χ1n) is 7.41. The molecule has 0 aromatic heterocycles. The zero-order chi connectivity index (χ0) is 15.5. The number of carbonyl (C=O) groups excluding carboxylic acids is 1. The quantitative estimate of drug-likeness (QED) is 0.556. The molecular weight excluding hydrogens is 264 g/mol. The highest BCUT2D eigenvalue weighted by molar-refractivity contribution is 5.74. The molecule has 3 N–H and O–H groups in total. The third kappa shape index (κ3) is 6.82. The van der Waals surface area contributed by atoms with Gasteiger partial charge in [-0.15, -0.1) is 0 Å². The van der Waals surface area contributed by atoms with Crippen LogP contribution in [0.25, 0.3) is 0 Å². The molecule has 0 bridgehead atoms. The number of unbranched alkanes of at least 4 members (excludes halogenated alkanes) is 1. The first-order chi connectivity index (χ1) is 10.2. The van der Waals surface area contributed by atoms with Crippen molar-refractivity contribution in [3.8, 4) is 11.8 Å². The second-order valence-electron chi connectivity index (χ2n) is 4.87. The molecule has 1 unspecified atom stereocenters. The zero-order valence-corrected chi connectivity index (χ0v) is 12.8. The van der Waals surface area contributed by atoms with Gasteiger partial charge < -0.3 is 15.7 Å². The Morgan fingerprint density at radius 1 is 1.33 bits per heavy atom. The summed E-state index contributed by atoms with van der Waals surface area (Å²) in [4.78, 5) is 11.7. The molecule has 0 aliphatic carbocycles. The Balaban J connectivity index is 2.49. The Morgan fingerprint density at radius 3 is 2.67 bits per heavy atom. The van der Waals surface area contributed by atoms with Gasteiger partial charge in [0.25, 0.3) is 0 Å². The molecule has 4 heteroatoms. The van der Waals surface area contributed by atoms with Gasteiger partial charge in [-0.05, 0) is 31.0 Å². The molecular formula is C17H24N2O2. The van der Waals surface area contributed by atoms with Gasteiger partial charge >= 0.3 is 6.03 Å². The average Bonchev–Trinajstić information content (AvgIpc) is 2.48. The number of rotatable bonds is 6. The molecule has 114 valence electrons. The molecule has 0 spiro atoms. The summed E-state index contributed by atoms with van der Waals surface area (Å²) in [5, 5.41) is 14.4. The maximum Gasteiger partial charge on any atom is 0.315 e. The van der Waals surface area contributed by atoms with E-state index in [0.29, 0.717) is 13.0 Å². The topological polar surface area (TPSA) is 61.4 Å². The fraction of sp³-hybridized carbons (Fsp3) is 0.471. The van der Waals surface area contributed by atoms with Crippen LogP contribution in [-0.4, -0.2) is 24.3 Å². The molecule has 0 fully saturated rings. The van der Waals surface area contributed by atoms with Crippen LogP contribution in [0, 0.1) is 11.8 Å². The molecule has 0 heterocycles. The van der Waals surface area contributed by atoms with Gasteiger partial charge in [0.1, 0.15) is 0 Å². The highest BCUT2D eigenvalue weighted by atomic mass is 16.2. The summed E-state index contributed by atoms with van der Waals surface area (Å²) in [5.74, 6) is 5.86. The number of hydrogen-bond donors (Lipinski definition) is 3. The largest absolute Gasteiger partial charge is 0.395 e. The molecule has 0 aliphatic rings. The summed E-state index contributed by atoms with van der Waals surface area (Å²) in [6, 6.07) is 7.58. The monoisotopic (exact) mass is 288 g/mol. The van der Waals surface area contributed by atoms with Crippen LogP contribution in [0.4, 0.5) is 4.79 Å². The van der Waals surface area contributed by atoms with Crippen LogP contribution in [0.3, 0.4) is 0 Å². The first kappa shape index (κ1) is 17.1. The van der Waals surface area contributed by atoms with E-state index in [1.165, 1.54) is 0 Å². The van der Waals surface area contributed by atoms with Crippen molar-refractivity contribution in [3.63, 3.8) is 0 Å². The minimum atomic E-state index is -0.136. The Morgan fingerprint density at radius 2 is 2.05 bits per heavy atom. The number of aliphatic hydroxyl groups excluding tert-OH is 1. The summed E-state index contributed by atoms with van der Waals surface area (Å²) in [5.41, 5.74) is 1.94. The maximum atomic E-state index is 11.7. The Kier molecular flexibility index (Phi) is 8.00. The third-order valence-corrected chi connectivity index (χ3v) is 3.04. The summed E-state index contributed by atoms with van der Waals surface area (Å²) in [6.45, 7) is 4.83. The van der Waals surface area contributed by atoms with E-state index < -0.39 is 0 Å². The number of amides is 2. The van der Waals surface area contributed by atoms with E-state index in [0.717, 1.165) is 24.0 Å². The van der Waals surface area contributed by atoms with Gasteiger partial charge in [0.2, 0.25) is 0 Å². The van der Waals surface area contributed by atoms with Crippen LogP contribution >= 0.6 is 0 Å². The van der Waals surface area contributed by atoms with Crippen molar-refractivity contribution in [2.24, 2.45) is 0 Å². The first-order valence-corrected chi connectivity index (χ1v) is 7.41. The molecule has 1 aromatic rings. The van der Waals surface area contributed by atoms with Crippen LogP contribution in [0.15, 0.2) is 24.3 Å². The maximum absolute atomic E-state index is 11.7. The minimum absolute atomic E-state index is 0.0499. The molecule has 0 saturated carbocycles. The molecule has 1 atom stereocenters. The Hall–Kier alpha value is -1.99. The summed E-state index contributed by atoms with van der Waals surface area (Å²) in [7, 11) is 0. The third-order valence-electron chi connectivity index (χ3n) is 3.04. The molecule has 1 rings (SSSR count).